The van der Waals surface area contributed by atoms with Gasteiger partial charge in [-0.25, -0.2) is 0 Å². The second-order valence-corrected chi connectivity index (χ2v) is 4.72. The molecule has 0 unspecified atom stereocenters. The summed E-state index contributed by atoms with van der Waals surface area (Å²) in [7, 11) is 0. The van der Waals surface area contributed by atoms with E-state index in [2.05, 4.69) is 10.6 Å². The smallest absolute Gasteiger partial charge is 0.263 e. The number of hydrogen-bond acceptors (Lipinski definition) is 5. The molecule has 0 aliphatic rings. The van der Waals surface area contributed by atoms with Crippen LogP contribution in [0.15, 0.2) is 0 Å². The zero-order chi connectivity index (χ0) is 13.7. The number of nitrogen functional groups attached to an aromatic ring is 1. The van der Waals surface area contributed by atoms with Gasteiger partial charge >= 0.3 is 0 Å². The van der Waals surface area contributed by atoms with Crippen LogP contribution in [0.5, 0.6) is 0 Å². The van der Waals surface area contributed by atoms with Crippen molar-refractivity contribution in [1.82, 2.24) is 5.32 Å². The highest BCUT2D eigenvalue weighted by molar-refractivity contribution is 7.19. The summed E-state index contributed by atoms with van der Waals surface area (Å²) in [5.74, 6) is -0.912. The van der Waals surface area contributed by atoms with E-state index in [0.717, 1.165) is 17.8 Å². The van der Waals surface area contributed by atoms with Gasteiger partial charge in [0.15, 0.2) is 0 Å². The molecular weight excluding hydrogens is 252 g/mol. The number of nitrogens with two attached hydrogens (primary N) is 2. The molecule has 0 saturated heterocycles. The van der Waals surface area contributed by atoms with E-state index >= 15 is 0 Å². The van der Waals surface area contributed by atoms with Crippen LogP contribution in [0.1, 0.15) is 40.3 Å². The predicted molar refractivity (Wildman–Crippen MR) is 74.0 cm³/mol. The van der Waals surface area contributed by atoms with Crippen molar-refractivity contribution < 1.29 is 9.59 Å². The molecule has 7 heteroatoms. The van der Waals surface area contributed by atoms with E-state index in [1.165, 1.54) is 0 Å². The Hall–Kier alpha value is -1.76. The maximum absolute atomic E-state index is 11.8. The van der Waals surface area contributed by atoms with Crippen molar-refractivity contribution in [2.45, 2.75) is 20.3 Å². The minimum Gasteiger partial charge on any atom is -0.397 e. The lowest BCUT2D eigenvalue weighted by molar-refractivity contribution is 0.0960. The number of amides is 2. The highest BCUT2D eigenvalue weighted by atomic mass is 32.1. The van der Waals surface area contributed by atoms with E-state index in [9.17, 15) is 9.59 Å². The third-order valence-electron chi connectivity index (χ3n) is 2.27. The van der Waals surface area contributed by atoms with Gasteiger partial charge in [0.2, 0.25) is 0 Å². The van der Waals surface area contributed by atoms with Crippen LogP contribution in [-0.2, 0) is 0 Å². The average molecular weight is 270 g/mol. The summed E-state index contributed by atoms with van der Waals surface area (Å²) >= 11 is 1.15. The predicted octanol–water partition coefficient (Wildman–Crippen LogP) is 1.00. The van der Waals surface area contributed by atoms with Gasteiger partial charge in [-0.2, -0.15) is 0 Å². The van der Waals surface area contributed by atoms with Crippen LogP contribution in [0.25, 0.3) is 0 Å². The van der Waals surface area contributed by atoms with Gasteiger partial charge < -0.3 is 22.1 Å². The molecule has 1 heterocycles. The molecule has 0 aliphatic carbocycles. The Bertz CT molecular complexity index is 456. The van der Waals surface area contributed by atoms with Gasteiger partial charge in [0.1, 0.15) is 9.88 Å². The van der Waals surface area contributed by atoms with Crippen molar-refractivity contribution in [3.05, 3.63) is 10.4 Å². The number of primary amides is 1. The molecule has 0 bridgehead atoms. The van der Waals surface area contributed by atoms with Gasteiger partial charge in [-0.05, 0) is 13.3 Å². The van der Waals surface area contributed by atoms with Crippen LogP contribution in [-0.4, -0.2) is 24.9 Å². The van der Waals surface area contributed by atoms with Crippen LogP contribution < -0.4 is 22.1 Å². The van der Waals surface area contributed by atoms with E-state index in [-0.39, 0.29) is 17.2 Å². The van der Waals surface area contributed by atoms with Crippen LogP contribution in [0.4, 0.5) is 10.7 Å². The maximum Gasteiger partial charge on any atom is 0.263 e. The molecule has 6 nitrogen and oxygen atoms in total. The largest absolute Gasteiger partial charge is 0.397 e. The Balaban J connectivity index is 3.14. The fraction of sp³-hybridized carbons (Fsp3) is 0.455. The summed E-state index contributed by atoms with van der Waals surface area (Å²) in [4.78, 5) is 23.5. The highest BCUT2D eigenvalue weighted by Crippen LogP contribution is 2.35. The summed E-state index contributed by atoms with van der Waals surface area (Å²) < 4.78 is 0. The molecule has 18 heavy (non-hydrogen) atoms. The van der Waals surface area contributed by atoms with Gasteiger partial charge in [0.05, 0.1) is 11.3 Å². The average Bonchev–Trinajstić information content (AvgIpc) is 2.64. The first-order valence-electron chi connectivity index (χ1n) is 5.77. The van der Waals surface area contributed by atoms with E-state index in [0.29, 0.717) is 23.0 Å². The van der Waals surface area contributed by atoms with Crippen LogP contribution >= 0.6 is 11.3 Å². The summed E-state index contributed by atoms with van der Waals surface area (Å²) in [5.41, 5.74) is 11.5. The quantitative estimate of drug-likeness (QED) is 0.618. The molecule has 0 aromatic carbocycles. The Morgan fingerprint density at radius 2 is 2.00 bits per heavy atom. The molecule has 100 valence electrons. The summed E-state index contributed by atoms with van der Waals surface area (Å²) in [5, 5.41) is 6.27. The maximum atomic E-state index is 11.8. The molecule has 0 atom stereocenters. The van der Waals surface area contributed by atoms with Crippen molar-refractivity contribution in [2.24, 2.45) is 5.73 Å². The lowest BCUT2D eigenvalue weighted by Crippen LogP contribution is -2.23. The Morgan fingerprint density at radius 3 is 2.50 bits per heavy atom. The van der Waals surface area contributed by atoms with Crippen LogP contribution in [0, 0.1) is 0 Å². The SMILES string of the molecule is CCCNc1sc(C(=O)NCC)c(N)c1C(N)=O. The minimum absolute atomic E-state index is 0.150. The molecule has 2 amide bonds. The molecule has 0 fully saturated rings. The van der Waals surface area contributed by atoms with Crippen molar-refractivity contribution in [3.63, 3.8) is 0 Å². The molecule has 1 aromatic heterocycles. The monoisotopic (exact) mass is 270 g/mol. The lowest BCUT2D eigenvalue weighted by atomic mass is 10.2. The second-order valence-electron chi connectivity index (χ2n) is 3.70. The molecule has 1 rings (SSSR count). The van der Waals surface area contributed by atoms with Gasteiger partial charge in [0, 0.05) is 13.1 Å². The van der Waals surface area contributed by atoms with Gasteiger partial charge in [-0.1, -0.05) is 6.92 Å². The first-order valence-corrected chi connectivity index (χ1v) is 6.58. The molecular formula is C11H18N4O2S. The molecule has 1 aromatic rings. The van der Waals surface area contributed by atoms with Crippen molar-refractivity contribution >= 4 is 33.8 Å². The van der Waals surface area contributed by atoms with Gasteiger partial charge in [0.25, 0.3) is 11.8 Å². The molecule has 0 saturated carbocycles. The summed E-state index contributed by atoms with van der Waals surface area (Å²) in [6, 6.07) is 0. The number of thiophene rings is 1. The first kappa shape index (κ1) is 14.3. The van der Waals surface area contributed by atoms with Crippen molar-refractivity contribution in [3.8, 4) is 0 Å². The molecule has 0 spiro atoms. The van der Waals surface area contributed by atoms with Crippen molar-refractivity contribution in [1.29, 1.82) is 0 Å². The Morgan fingerprint density at radius 1 is 1.33 bits per heavy atom. The highest BCUT2D eigenvalue weighted by Gasteiger charge is 2.23. The van der Waals surface area contributed by atoms with E-state index < -0.39 is 5.91 Å². The fourth-order valence-corrected chi connectivity index (χ4v) is 2.53. The number of anilines is 2. The molecule has 0 aliphatic heterocycles. The topological polar surface area (TPSA) is 110 Å². The molecule has 0 radical (unpaired) electrons. The van der Waals surface area contributed by atoms with Crippen molar-refractivity contribution in [2.75, 3.05) is 24.1 Å². The number of nitrogens with one attached hydrogen (secondary N) is 2. The fourth-order valence-electron chi connectivity index (χ4n) is 1.46. The van der Waals surface area contributed by atoms with Crippen LogP contribution in [0.3, 0.4) is 0 Å². The van der Waals surface area contributed by atoms with E-state index in [1.807, 2.05) is 13.8 Å². The first-order chi connectivity index (χ1) is 8.52. The standard InChI is InChI=1S/C11H18N4O2S/c1-3-5-15-11-6(9(13)16)7(12)8(18-11)10(17)14-4-2/h15H,3-5,12H2,1-2H3,(H2,13,16)(H,14,17). The van der Waals surface area contributed by atoms with Gasteiger partial charge in [-0.15, -0.1) is 11.3 Å². The number of hydrogen-bond donors (Lipinski definition) is 4. The normalized spacial score (nSPS) is 10.1. The van der Waals surface area contributed by atoms with Crippen LogP contribution in [0.2, 0.25) is 0 Å². The third-order valence-corrected chi connectivity index (χ3v) is 3.43. The zero-order valence-electron chi connectivity index (χ0n) is 10.5. The molecule has 6 N–H and O–H groups in total. The number of carbonyl (C=O) groups is 2. The van der Waals surface area contributed by atoms with E-state index in [1.54, 1.807) is 0 Å². The summed E-state index contributed by atoms with van der Waals surface area (Å²) in [6.45, 7) is 5.00. The Labute approximate surface area is 110 Å². The van der Waals surface area contributed by atoms with E-state index in [4.69, 9.17) is 11.5 Å². The minimum atomic E-state index is -0.627. The third kappa shape index (κ3) is 2.92. The zero-order valence-corrected chi connectivity index (χ0v) is 11.3. The number of rotatable bonds is 6. The summed E-state index contributed by atoms with van der Waals surface area (Å²) in [6.07, 6.45) is 0.895. The lowest BCUT2D eigenvalue weighted by Gasteiger charge is -2.03. The number of carbonyl (C=O) groups excluding carboxylic acids is 2. The van der Waals surface area contributed by atoms with Gasteiger partial charge in [-0.3, -0.25) is 9.59 Å². The second kappa shape index (κ2) is 6.25. The Kier molecular flexibility index (Phi) is 4.96.